The maximum absolute atomic E-state index is 3.45. The minimum Gasteiger partial charge on any atom is -0.284 e. The molecule has 0 atom stereocenters. The van der Waals surface area contributed by atoms with Crippen LogP contribution in [0, 0.1) is 0 Å². The van der Waals surface area contributed by atoms with Gasteiger partial charge in [0.2, 0.25) is 0 Å². The summed E-state index contributed by atoms with van der Waals surface area (Å²) < 4.78 is 3.45. The predicted octanol–water partition coefficient (Wildman–Crippen LogP) is 0.916. The fraction of sp³-hybridized carbons (Fsp3) is 1.00. The van der Waals surface area contributed by atoms with Gasteiger partial charge in [-0.1, -0.05) is 6.92 Å². The minimum absolute atomic E-state index is 0.352. The van der Waals surface area contributed by atoms with Crippen LogP contribution >= 0.6 is 11.1 Å². The van der Waals surface area contributed by atoms with Gasteiger partial charge in [-0.15, -0.1) is 0 Å². The molecule has 1 saturated heterocycles. The van der Waals surface area contributed by atoms with E-state index >= 15 is 0 Å². The van der Waals surface area contributed by atoms with Gasteiger partial charge in [0, 0.05) is 6.54 Å². The Kier molecular flexibility index (Phi) is 2.00. The van der Waals surface area contributed by atoms with Crippen molar-refractivity contribution >= 4 is 11.1 Å². The Bertz CT molecular complexity index is 52.0. The Morgan fingerprint density at radius 3 is 2.43 bits per heavy atom. The number of hydrogen-bond donors (Lipinski definition) is 2. The van der Waals surface area contributed by atoms with Crippen LogP contribution in [0.15, 0.2) is 0 Å². The summed E-state index contributed by atoms with van der Waals surface area (Å²) in [5, 5.41) is 0. The Morgan fingerprint density at radius 2 is 2.29 bits per heavy atom. The third kappa shape index (κ3) is 1.35. The Balaban J connectivity index is 1.93. The largest absolute Gasteiger partial charge is 0.284 e. The summed E-state index contributed by atoms with van der Waals surface area (Å²) in [5.74, 6) is 2.95. The minimum atomic E-state index is 0.352. The Labute approximate surface area is 48.0 Å². The van der Waals surface area contributed by atoms with E-state index in [1.54, 1.807) is 0 Å². The van der Waals surface area contributed by atoms with Crippen molar-refractivity contribution in [1.82, 2.24) is 4.72 Å². The second-order valence-electron chi connectivity index (χ2n) is 1.85. The van der Waals surface area contributed by atoms with Gasteiger partial charge in [-0.25, -0.2) is 11.1 Å². The van der Waals surface area contributed by atoms with Crippen molar-refractivity contribution in [2.24, 2.45) is 0 Å². The molecule has 0 aromatic carbocycles. The summed E-state index contributed by atoms with van der Waals surface area (Å²) in [6.07, 6.45) is 1.47. The molecule has 1 fully saturated rings. The number of nitrogens with one attached hydrogen (secondary N) is 1. The van der Waals surface area contributed by atoms with Crippen molar-refractivity contribution in [3.63, 3.8) is 0 Å². The lowest BCUT2D eigenvalue weighted by molar-refractivity contribution is 0.950. The van der Waals surface area contributed by atoms with Crippen LogP contribution in [0.1, 0.15) is 13.3 Å². The molecule has 44 valence electrons. The summed E-state index contributed by atoms with van der Waals surface area (Å²) in [6.45, 7) is 3.35. The van der Waals surface area contributed by atoms with Crippen LogP contribution in [-0.4, -0.2) is 18.1 Å². The van der Waals surface area contributed by atoms with E-state index < -0.39 is 0 Å². The number of hydrogen-bond acceptors (Lipinski definition) is 1. The van der Waals surface area contributed by atoms with Crippen molar-refractivity contribution in [3.8, 4) is 0 Å². The molecular weight excluding hydrogens is 106 g/mol. The average Bonchev–Trinajstić information content (AvgIpc) is 1.55. The van der Waals surface area contributed by atoms with Crippen LogP contribution in [0.4, 0.5) is 0 Å². The molecule has 7 heavy (non-hydrogen) atoms. The molecule has 0 amide bonds. The maximum atomic E-state index is 3.45. The fourth-order valence-electron chi connectivity index (χ4n) is 0.698. The molecule has 1 aliphatic rings. The maximum Gasteiger partial charge on any atom is 0.00127 e. The van der Waals surface area contributed by atoms with Crippen molar-refractivity contribution in [2.75, 3.05) is 18.1 Å². The molecule has 0 radical (unpaired) electrons. The Morgan fingerprint density at radius 1 is 1.57 bits per heavy atom. The third-order valence-corrected chi connectivity index (χ3v) is 3.71. The molecule has 0 spiro atoms. The molecule has 0 aromatic heterocycles. The highest BCUT2D eigenvalue weighted by molar-refractivity contribution is 8.16. The molecule has 2 heteroatoms. The van der Waals surface area contributed by atoms with Gasteiger partial charge < -0.3 is 0 Å². The van der Waals surface area contributed by atoms with E-state index in [1.165, 1.54) is 24.5 Å². The van der Waals surface area contributed by atoms with Crippen LogP contribution in [0.25, 0.3) is 0 Å². The fourth-order valence-corrected chi connectivity index (χ4v) is 2.09. The molecule has 0 bridgehead atoms. The van der Waals surface area contributed by atoms with Gasteiger partial charge in [-0.3, -0.25) is 4.72 Å². The molecule has 1 N–H and O–H groups in total. The highest BCUT2D eigenvalue weighted by atomic mass is 32.2. The van der Waals surface area contributed by atoms with E-state index in [4.69, 9.17) is 0 Å². The highest BCUT2D eigenvalue weighted by Crippen LogP contribution is 2.31. The van der Waals surface area contributed by atoms with Crippen LogP contribution in [0.5, 0.6) is 0 Å². The first-order chi connectivity index (χ1) is 3.43. The van der Waals surface area contributed by atoms with Crippen molar-refractivity contribution in [3.05, 3.63) is 0 Å². The highest BCUT2D eigenvalue weighted by Gasteiger charge is 2.09. The summed E-state index contributed by atoms with van der Waals surface area (Å²) >= 11 is 0.352. The summed E-state index contributed by atoms with van der Waals surface area (Å²) in [5.41, 5.74) is 0. The average molecular weight is 119 g/mol. The van der Waals surface area contributed by atoms with Crippen molar-refractivity contribution in [1.29, 1.82) is 0 Å². The van der Waals surface area contributed by atoms with Gasteiger partial charge in [0.1, 0.15) is 0 Å². The van der Waals surface area contributed by atoms with Gasteiger partial charge in [-0.2, -0.15) is 0 Å². The summed E-state index contributed by atoms with van der Waals surface area (Å²) in [6, 6.07) is 0. The second kappa shape index (κ2) is 2.58. The van der Waals surface area contributed by atoms with Crippen LogP contribution in [-0.2, 0) is 0 Å². The van der Waals surface area contributed by atoms with Gasteiger partial charge >= 0.3 is 0 Å². The van der Waals surface area contributed by atoms with Gasteiger partial charge in [0.25, 0.3) is 0 Å². The van der Waals surface area contributed by atoms with Gasteiger partial charge in [-0.05, 0) is 17.9 Å². The summed E-state index contributed by atoms with van der Waals surface area (Å²) in [7, 11) is 0. The first-order valence-electron chi connectivity index (χ1n) is 2.92. The molecular formula is C5H13NS. The number of rotatable bonds is 2. The van der Waals surface area contributed by atoms with E-state index in [-0.39, 0.29) is 0 Å². The van der Waals surface area contributed by atoms with Crippen LogP contribution in [0.3, 0.4) is 0 Å². The first kappa shape index (κ1) is 5.45. The van der Waals surface area contributed by atoms with E-state index in [9.17, 15) is 0 Å². The predicted molar refractivity (Wildman–Crippen MR) is 37.0 cm³/mol. The first-order valence-corrected chi connectivity index (χ1v) is 4.63. The lowest BCUT2D eigenvalue weighted by Gasteiger charge is -2.30. The molecule has 0 aromatic rings. The molecule has 0 unspecified atom stereocenters. The molecule has 1 heterocycles. The van der Waals surface area contributed by atoms with Crippen LogP contribution in [0.2, 0.25) is 0 Å². The van der Waals surface area contributed by atoms with E-state index in [1.807, 2.05) is 0 Å². The topological polar surface area (TPSA) is 12.0 Å². The van der Waals surface area contributed by atoms with Crippen molar-refractivity contribution in [2.45, 2.75) is 13.3 Å². The summed E-state index contributed by atoms with van der Waals surface area (Å²) in [4.78, 5) is 0. The molecule has 0 saturated carbocycles. The SMILES string of the molecule is CCN[SH]1CCC1. The third-order valence-electron chi connectivity index (χ3n) is 1.24. The Hall–Kier alpha value is 0.310. The van der Waals surface area contributed by atoms with Gasteiger partial charge in [0.15, 0.2) is 0 Å². The standard InChI is InChI=1S/C5H13NS/c1-2-6-7-4-3-5-7/h6-7H,2-5H2,1H3. The van der Waals surface area contributed by atoms with Crippen molar-refractivity contribution < 1.29 is 0 Å². The zero-order valence-corrected chi connectivity index (χ0v) is 5.67. The molecule has 1 aliphatic heterocycles. The molecule has 1 nitrogen and oxygen atoms in total. The lowest BCUT2D eigenvalue weighted by Crippen LogP contribution is -2.21. The zero-order chi connectivity index (χ0) is 5.11. The monoisotopic (exact) mass is 119 g/mol. The molecule has 1 rings (SSSR count). The quantitative estimate of drug-likeness (QED) is 0.515. The number of thiol groups is 1. The van der Waals surface area contributed by atoms with E-state index in [0.29, 0.717) is 11.1 Å². The lowest BCUT2D eigenvalue weighted by atomic mass is 10.5. The van der Waals surface area contributed by atoms with E-state index in [2.05, 4.69) is 11.6 Å². The smallest absolute Gasteiger partial charge is 0.00127 e. The zero-order valence-electron chi connectivity index (χ0n) is 4.78. The molecule has 0 aliphatic carbocycles. The van der Waals surface area contributed by atoms with E-state index in [0.717, 1.165) is 0 Å². The normalized spacial score (nSPS) is 24.4. The van der Waals surface area contributed by atoms with Gasteiger partial charge in [0.05, 0.1) is 0 Å². The second-order valence-corrected chi connectivity index (χ2v) is 4.14. The van der Waals surface area contributed by atoms with Crippen LogP contribution < -0.4 is 4.72 Å².